The first kappa shape index (κ1) is 37.3. The van der Waals surface area contributed by atoms with E-state index in [0.717, 1.165) is 38.9 Å². The maximum absolute atomic E-state index is 14.1. The predicted molar refractivity (Wildman–Crippen MR) is 171 cm³/mol. The number of ketones is 1. The number of methoxy groups -OCH3 is 1. The van der Waals surface area contributed by atoms with E-state index >= 15 is 0 Å². The molecule has 3 aliphatic heterocycles. The van der Waals surface area contributed by atoms with Gasteiger partial charge in [0.05, 0.1) is 24.4 Å². The van der Waals surface area contributed by atoms with Crippen molar-refractivity contribution < 1.29 is 33.6 Å². The van der Waals surface area contributed by atoms with Gasteiger partial charge in [0.2, 0.25) is 0 Å². The van der Waals surface area contributed by atoms with Crippen LogP contribution in [0.2, 0.25) is 0 Å². The van der Waals surface area contributed by atoms with E-state index in [2.05, 4.69) is 16.8 Å². The molecular weight excluding hydrogens is 562 g/mol. The summed E-state index contributed by atoms with van der Waals surface area (Å²) in [5.41, 5.74) is -2.25. The second-order valence-corrected chi connectivity index (χ2v) is 14.8. The van der Waals surface area contributed by atoms with Gasteiger partial charge in [-0.15, -0.1) is 0 Å². The number of esters is 1. The summed E-state index contributed by atoms with van der Waals surface area (Å²) in [7, 11) is 7.62. The summed E-state index contributed by atoms with van der Waals surface area (Å²) in [6, 6.07) is -0.157. The van der Waals surface area contributed by atoms with Crippen LogP contribution in [-0.2, 0) is 28.5 Å². The van der Waals surface area contributed by atoms with Gasteiger partial charge < -0.3 is 38.8 Å². The van der Waals surface area contributed by atoms with Crippen LogP contribution in [0.4, 0.5) is 0 Å². The molecule has 0 aromatic carbocycles. The van der Waals surface area contributed by atoms with Crippen LogP contribution < -0.4 is 0 Å². The largest absolute Gasteiger partial charge is 0.465 e. The van der Waals surface area contributed by atoms with E-state index in [1.807, 2.05) is 32.8 Å². The molecule has 0 aromatic rings. The number of piperidine rings is 1. The zero-order valence-electron chi connectivity index (χ0n) is 29.2. The van der Waals surface area contributed by atoms with Crippen molar-refractivity contribution in [1.29, 1.82) is 0 Å². The van der Waals surface area contributed by atoms with E-state index in [1.54, 1.807) is 27.9 Å². The normalized spacial score (nSPS) is 37.5. The molecule has 8 atom stereocenters. The average molecular weight is 626 g/mol. The van der Waals surface area contributed by atoms with E-state index in [-0.39, 0.29) is 23.8 Å². The van der Waals surface area contributed by atoms with Crippen molar-refractivity contribution in [2.75, 3.05) is 67.6 Å². The highest BCUT2D eigenvalue weighted by molar-refractivity contribution is 6.04. The Morgan fingerprint density at radius 2 is 1.73 bits per heavy atom. The highest BCUT2D eigenvalue weighted by atomic mass is 16.7. The standard InChI is InChI=1S/C34H63N3O7/c1-24-21-27(35(6)7)28(38)31(43-24)44-30-25(2)29(39)33(3,4)32(40)42-23-26(15-13-20-37-18-11-10-12-19-37)22-36(8)17-14-16-34(30,5)41-9/h24-28,30-31,38H,10-23H2,1-9H3/t24-,25+,26-,27+,28-,30-,31+,34-/m1/s1. The number of carbonyl (C=O) groups is 2. The lowest BCUT2D eigenvalue weighted by molar-refractivity contribution is -0.295. The van der Waals surface area contributed by atoms with Crippen molar-refractivity contribution in [2.24, 2.45) is 17.3 Å². The molecule has 3 aliphatic rings. The smallest absolute Gasteiger partial charge is 0.319 e. The first-order chi connectivity index (χ1) is 20.7. The van der Waals surface area contributed by atoms with Crippen LogP contribution in [0.25, 0.3) is 0 Å². The zero-order valence-corrected chi connectivity index (χ0v) is 29.2. The van der Waals surface area contributed by atoms with Crippen LogP contribution in [0.5, 0.6) is 0 Å². The molecule has 0 aliphatic carbocycles. The Morgan fingerprint density at radius 1 is 1.05 bits per heavy atom. The number of likely N-dealkylation sites (N-methyl/N-ethyl adjacent to an activating group) is 1. The summed E-state index contributed by atoms with van der Waals surface area (Å²) in [6.07, 6.45) is 5.30. The predicted octanol–water partition coefficient (Wildman–Crippen LogP) is 3.59. The molecule has 10 heteroatoms. The Morgan fingerprint density at radius 3 is 2.36 bits per heavy atom. The van der Waals surface area contributed by atoms with Gasteiger partial charge in [-0.25, -0.2) is 0 Å². The van der Waals surface area contributed by atoms with Crippen molar-refractivity contribution in [3.63, 3.8) is 0 Å². The minimum absolute atomic E-state index is 0.137. The molecule has 3 saturated heterocycles. The minimum Gasteiger partial charge on any atom is -0.465 e. The molecule has 0 bridgehead atoms. The SMILES string of the molecule is CO[C@]1(C)CCCN(C)C[C@@H](CCCN2CCCCC2)COC(=O)C(C)(C)C(=O)[C@H](C)[C@H]1O[C@@H]1O[C@H](C)C[C@H](N(C)C)[C@H]1O. The van der Waals surface area contributed by atoms with Gasteiger partial charge in [0.25, 0.3) is 0 Å². The third-order valence-corrected chi connectivity index (χ3v) is 10.4. The number of ether oxygens (including phenoxy) is 4. The molecular formula is C34H63N3O7. The monoisotopic (exact) mass is 625 g/mol. The third-order valence-electron chi connectivity index (χ3n) is 10.4. The van der Waals surface area contributed by atoms with Crippen molar-refractivity contribution in [2.45, 2.75) is 122 Å². The third kappa shape index (κ3) is 9.69. The average Bonchev–Trinajstić information content (AvgIpc) is 2.98. The van der Waals surface area contributed by atoms with E-state index in [9.17, 15) is 14.7 Å². The lowest BCUT2D eigenvalue weighted by Crippen LogP contribution is -2.59. The van der Waals surface area contributed by atoms with Crippen LogP contribution in [0, 0.1) is 17.3 Å². The van der Waals surface area contributed by atoms with Crippen LogP contribution in [0.1, 0.15) is 86.0 Å². The first-order valence-electron chi connectivity index (χ1n) is 17.0. The Bertz CT molecular complexity index is 911. The van der Waals surface area contributed by atoms with E-state index in [0.29, 0.717) is 19.4 Å². The summed E-state index contributed by atoms with van der Waals surface area (Å²) >= 11 is 0. The lowest BCUT2D eigenvalue weighted by atomic mass is 9.75. The molecule has 1 N–H and O–H groups in total. The molecule has 0 amide bonds. The summed E-state index contributed by atoms with van der Waals surface area (Å²) in [5.74, 6) is -1.31. The summed E-state index contributed by atoms with van der Waals surface area (Å²) in [4.78, 5) is 34.5. The Kier molecular flexibility index (Phi) is 14.1. The number of Topliss-reactive ketones (excluding diaryl/α,β-unsaturated/α-hetero) is 1. The number of aliphatic hydroxyl groups excluding tert-OH is 1. The Hall–Kier alpha value is -1.14. The number of nitrogens with zero attached hydrogens (tertiary/aromatic N) is 3. The number of likely N-dealkylation sites (tertiary alicyclic amines) is 1. The zero-order chi connectivity index (χ0) is 32.7. The van der Waals surface area contributed by atoms with Crippen molar-refractivity contribution in [3.8, 4) is 0 Å². The molecule has 3 rings (SSSR count). The Balaban J connectivity index is 1.81. The second-order valence-electron chi connectivity index (χ2n) is 14.8. The molecule has 3 fully saturated rings. The van der Waals surface area contributed by atoms with Gasteiger partial charge in [0.15, 0.2) is 12.1 Å². The van der Waals surface area contributed by atoms with Crippen molar-refractivity contribution >= 4 is 11.8 Å². The fourth-order valence-electron chi connectivity index (χ4n) is 7.38. The topological polar surface area (TPSA) is 101 Å². The number of aliphatic hydroxyl groups is 1. The molecule has 0 radical (unpaired) electrons. The molecule has 0 spiro atoms. The van der Waals surface area contributed by atoms with Gasteiger partial charge in [0.1, 0.15) is 11.5 Å². The van der Waals surface area contributed by atoms with Crippen molar-refractivity contribution in [1.82, 2.24) is 14.7 Å². The first-order valence-corrected chi connectivity index (χ1v) is 17.0. The van der Waals surface area contributed by atoms with Crippen LogP contribution in [-0.4, -0.2) is 135 Å². The van der Waals surface area contributed by atoms with Gasteiger partial charge in [-0.3, -0.25) is 9.59 Å². The van der Waals surface area contributed by atoms with E-state index < -0.39 is 41.4 Å². The molecule has 0 aromatic heterocycles. The fraction of sp³-hybridized carbons (Fsp3) is 0.941. The summed E-state index contributed by atoms with van der Waals surface area (Å²) < 4.78 is 24.8. The van der Waals surface area contributed by atoms with Gasteiger partial charge >= 0.3 is 5.97 Å². The number of carbonyl (C=O) groups excluding carboxylic acids is 2. The van der Waals surface area contributed by atoms with Crippen LogP contribution in [0.3, 0.4) is 0 Å². The summed E-state index contributed by atoms with van der Waals surface area (Å²) in [6.45, 7) is 14.4. The number of hydrogen-bond acceptors (Lipinski definition) is 10. The van der Waals surface area contributed by atoms with E-state index in [4.69, 9.17) is 18.9 Å². The van der Waals surface area contributed by atoms with E-state index in [1.165, 1.54) is 32.4 Å². The molecule has 0 unspecified atom stereocenters. The molecule has 44 heavy (non-hydrogen) atoms. The molecule has 10 nitrogen and oxygen atoms in total. The maximum Gasteiger partial charge on any atom is 0.319 e. The molecule has 3 heterocycles. The lowest BCUT2D eigenvalue weighted by Gasteiger charge is -2.46. The van der Waals surface area contributed by atoms with Crippen molar-refractivity contribution in [3.05, 3.63) is 0 Å². The van der Waals surface area contributed by atoms with Gasteiger partial charge in [-0.05, 0) is 120 Å². The number of hydrogen-bond donors (Lipinski definition) is 1. The van der Waals surface area contributed by atoms with Crippen LogP contribution >= 0.6 is 0 Å². The quantitative estimate of drug-likeness (QED) is 0.318. The minimum atomic E-state index is -1.38. The summed E-state index contributed by atoms with van der Waals surface area (Å²) in [5, 5.41) is 11.3. The molecule has 256 valence electrons. The van der Waals surface area contributed by atoms with Gasteiger partial charge in [0, 0.05) is 31.5 Å². The van der Waals surface area contributed by atoms with Crippen LogP contribution in [0.15, 0.2) is 0 Å². The van der Waals surface area contributed by atoms with Gasteiger partial charge in [-0.1, -0.05) is 13.3 Å². The highest BCUT2D eigenvalue weighted by Gasteiger charge is 2.50. The maximum atomic E-state index is 14.1. The highest BCUT2D eigenvalue weighted by Crippen LogP contribution is 2.37. The fourth-order valence-corrected chi connectivity index (χ4v) is 7.38. The van der Waals surface area contributed by atoms with Gasteiger partial charge in [-0.2, -0.15) is 0 Å². The number of cyclic esters (lactones) is 1. The number of rotatable bonds is 8. The Labute approximate surface area is 267 Å². The molecule has 0 saturated carbocycles. The second kappa shape index (κ2) is 16.6.